The van der Waals surface area contributed by atoms with Gasteiger partial charge in [0.2, 0.25) is 5.89 Å². The van der Waals surface area contributed by atoms with Crippen LogP contribution in [0.15, 0.2) is 46.2 Å². The largest absolute Gasteiger partial charge is 0.456 e. The first-order valence-electron chi connectivity index (χ1n) is 7.42. The topological polar surface area (TPSA) is 82.3 Å². The number of hydrogen-bond acceptors (Lipinski definition) is 7. The van der Waals surface area contributed by atoms with Crippen molar-refractivity contribution in [2.24, 2.45) is 0 Å². The number of halogens is 1. The molecule has 2 aromatic heterocycles. The molecule has 3 aromatic rings. The first-order chi connectivity index (χ1) is 12.1. The van der Waals surface area contributed by atoms with Gasteiger partial charge in [-0.2, -0.15) is 0 Å². The molecule has 0 bridgehead atoms. The standard InChI is InChI=1S/C17H13ClN2O4S/c18-12-5-3-11(4-6-12)17-20-19-15(24-17)10-23-16(22)8-7-13(21)14-2-1-9-25-14/h1-6,9H,7-8,10H2. The van der Waals surface area contributed by atoms with E-state index in [0.717, 1.165) is 5.56 Å². The van der Waals surface area contributed by atoms with Gasteiger partial charge in [0.1, 0.15) is 0 Å². The molecule has 0 aliphatic rings. The summed E-state index contributed by atoms with van der Waals surface area (Å²) in [4.78, 5) is 24.2. The van der Waals surface area contributed by atoms with Crippen LogP contribution in [0, 0.1) is 0 Å². The van der Waals surface area contributed by atoms with Gasteiger partial charge in [0, 0.05) is 17.0 Å². The predicted octanol–water partition coefficient (Wildman–Crippen LogP) is 4.16. The summed E-state index contributed by atoms with van der Waals surface area (Å²) in [6.45, 7) is -0.132. The molecule has 0 saturated carbocycles. The number of aromatic nitrogens is 2. The fraction of sp³-hybridized carbons (Fsp3) is 0.176. The van der Waals surface area contributed by atoms with Crippen LogP contribution in [0.1, 0.15) is 28.4 Å². The minimum Gasteiger partial charge on any atom is -0.456 e. The molecule has 0 unspecified atom stereocenters. The third-order valence-corrected chi connectivity index (χ3v) is 4.43. The van der Waals surface area contributed by atoms with Gasteiger partial charge >= 0.3 is 5.97 Å². The maximum atomic E-state index is 11.8. The van der Waals surface area contributed by atoms with Crippen molar-refractivity contribution in [2.75, 3.05) is 0 Å². The molecule has 6 nitrogen and oxygen atoms in total. The summed E-state index contributed by atoms with van der Waals surface area (Å²) in [6.07, 6.45) is 0.119. The number of esters is 1. The highest BCUT2D eigenvalue weighted by atomic mass is 35.5. The average molecular weight is 377 g/mol. The number of thiophene rings is 1. The van der Waals surface area contributed by atoms with Crippen LogP contribution in [0.25, 0.3) is 11.5 Å². The third-order valence-electron chi connectivity index (χ3n) is 3.27. The Morgan fingerprint density at radius 2 is 1.92 bits per heavy atom. The Bertz CT molecular complexity index is 859. The van der Waals surface area contributed by atoms with E-state index in [4.69, 9.17) is 20.8 Å². The summed E-state index contributed by atoms with van der Waals surface area (Å²) >= 11 is 7.18. The highest BCUT2D eigenvalue weighted by Crippen LogP contribution is 2.20. The van der Waals surface area contributed by atoms with E-state index in [0.29, 0.717) is 15.8 Å². The van der Waals surface area contributed by atoms with Gasteiger partial charge in [0.15, 0.2) is 12.4 Å². The fourth-order valence-electron chi connectivity index (χ4n) is 2.01. The number of carbonyl (C=O) groups excluding carboxylic acids is 2. The van der Waals surface area contributed by atoms with E-state index in [9.17, 15) is 9.59 Å². The predicted molar refractivity (Wildman–Crippen MR) is 92.4 cm³/mol. The highest BCUT2D eigenvalue weighted by Gasteiger charge is 2.13. The van der Waals surface area contributed by atoms with Gasteiger partial charge in [0.25, 0.3) is 5.89 Å². The minimum absolute atomic E-state index is 0.00884. The summed E-state index contributed by atoms with van der Waals surface area (Å²) < 4.78 is 10.5. The minimum atomic E-state index is -0.490. The Labute approximate surface area is 152 Å². The van der Waals surface area contributed by atoms with Gasteiger partial charge in [-0.3, -0.25) is 9.59 Å². The van der Waals surface area contributed by atoms with Gasteiger partial charge in [0.05, 0.1) is 11.3 Å². The number of ketones is 1. The molecule has 0 amide bonds. The lowest BCUT2D eigenvalue weighted by atomic mass is 10.2. The Morgan fingerprint density at radius 3 is 2.64 bits per heavy atom. The highest BCUT2D eigenvalue weighted by molar-refractivity contribution is 7.12. The molecule has 128 valence electrons. The molecule has 0 radical (unpaired) electrons. The zero-order chi connectivity index (χ0) is 17.6. The first-order valence-corrected chi connectivity index (χ1v) is 8.68. The number of ether oxygens (including phenoxy) is 1. The Hall–Kier alpha value is -2.51. The second-order valence-corrected chi connectivity index (χ2v) is 6.45. The molecule has 0 saturated heterocycles. The summed E-state index contributed by atoms with van der Waals surface area (Å²) in [6, 6.07) is 10.5. The molecular formula is C17H13ClN2O4S. The van der Waals surface area contributed by atoms with Gasteiger partial charge in [-0.15, -0.1) is 21.5 Å². The molecule has 0 fully saturated rings. The second kappa shape index (κ2) is 8.04. The van der Waals surface area contributed by atoms with Crippen molar-refractivity contribution in [1.82, 2.24) is 10.2 Å². The van der Waals surface area contributed by atoms with Crippen molar-refractivity contribution in [1.29, 1.82) is 0 Å². The van der Waals surface area contributed by atoms with E-state index in [2.05, 4.69) is 10.2 Å². The van der Waals surface area contributed by atoms with Crippen LogP contribution >= 0.6 is 22.9 Å². The van der Waals surface area contributed by atoms with E-state index >= 15 is 0 Å². The molecule has 0 atom stereocenters. The number of benzene rings is 1. The molecule has 0 spiro atoms. The third kappa shape index (κ3) is 4.74. The second-order valence-electron chi connectivity index (χ2n) is 5.07. The van der Waals surface area contributed by atoms with E-state index in [1.807, 2.05) is 5.38 Å². The Kier molecular flexibility index (Phi) is 5.57. The molecule has 8 heteroatoms. The van der Waals surface area contributed by atoms with E-state index in [1.54, 1.807) is 36.4 Å². The Morgan fingerprint density at radius 1 is 1.12 bits per heavy atom. The molecule has 1 aromatic carbocycles. The van der Waals surface area contributed by atoms with Gasteiger partial charge < -0.3 is 9.15 Å². The van der Waals surface area contributed by atoms with E-state index in [-0.39, 0.29) is 31.1 Å². The molecule has 0 N–H and O–H groups in total. The van der Waals surface area contributed by atoms with E-state index < -0.39 is 5.97 Å². The molecule has 0 aliphatic heterocycles. The van der Waals surface area contributed by atoms with Crippen LogP contribution in [0.4, 0.5) is 0 Å². The summed E-state index contributed by atoms with van der Waals surface area (Å²) in [5.41, 5.74) is 0.719. The van der Waals surface area contributed by atoms with Crippen molar-refractivity contribution >= 4 is 34.7 Å². The lowest BCUT2D eigenvalue weighted by Crippen LogP contribution is -2.07. The van der Waals surface area contributed by atoms with Crippen molar-refractivity contribution in [3.63, 3.8) is 0 Å². The number of nitrogens with zero attached hydrogens (tertiary/aromatic N) is 2. The van der Waals surface area contributed by atoms with Crippen LogP contribution in [0.3, 0.4) is 0 Å². The number of hydrogen-bond donors (Lipinski definition) is 0. The van der Waals surface area contributed by atoms with Gasteiger partial charge in [-0.05, 0) is 35.7 Å². The van der Waals surface area contributed by atoms with Crippen molar-refractivity contribution in [2.45, 2.75) is 19.4 Å². The van der Waals surface area contributed by atoms with E-state index in [1.165, 1.54) is 11.3 Å². The van der Waals surface area contributed by atoms with Crippen LogP contribution in [0.2, 0.25) is 5.02 Å². The SMILES string of the molecule is O=C(CCC(=O)c1cccs1)OCc1nnc(-c2ccc(Cl)cc2)o1. The van der Waals surface area contributed by atoms with Crippen molar-refractivity contribution in [3.8, 4) is 11.5 Å². The van der Waals surface area contributed by atoms with Crippen LogP contribution in [-0.2, 0) is 16.1 Å². The van der Waals surface area contributed by atoms with Crippen molar-refractivity contribution < 1.29 is 18.7 Å². The fourth-order valence-corrected chi connectivity index (χ4v) is 2.83. The zero-order valence-electron chi connectivity index (χ0n) is 13.0. The normalized spacial score (nSPS) is 10.6. The summed E-state index contributed by atoms with van der Waals surface area (Å²) in [5, 5.41) is 10.2. The average Bonchev–Trinajstić information content (AvgIpc) is 3.30. The monoisotopic (exact) mass is 376 g/mol. The molecule has 2 heterocycles. The van der Waals surface area contributed by atoms with Gasteiger partial charge in [-0.1, -0.05) is 17.7 Å². The van der Waals surface area contributed by atoms with Gasteiger partial charge in [-0.25, -0.2) is 0 Å². The first kappa shape index (κ1) is 17.3. The Balaban J connectivity index is 1.48. The van der Waals surface area contributed by atoms with Crippen LogP contribution < -0.4 is 0 Å². The zero-order valence-corrected chi connectivity index (χ0v) is 14.5. The number of carbonyl (C=O) groups is 2. The quantitative estimate of drug-likeness (QED) is 0.455. The molecular weight excluding hydrogens is 364 g/mol. The van der Waals surface area contributed by atoms with Crippen molar-refractivity contribution in [3.05, 3.63) is 57.6 Å². The maximum Gasteiger partial charge on any atom is 0.306 e. The number of rotatable bonds is 7. The summed E-state index contributed by atoms with van der Waals surface area (Å²) in [5.74, 6) is -0.0654. The van der Waals surface area contributed by atoms with Crippen LogP contribution in [-0.4, -0.2) is 21.9 Å². The lowest BCUT2D eigenvalue weighted by Gasteiger charge is -2.01. The smallest absolute Gasteiger partial charge is 0.306 e. The molecule has 3 rings (SSSR count). The molecule has 25 heavy (non-hydrogen) atoms. The molecule has 0 aliphatic carbocycles. The summed E-state index contributed by atoms with van der Waals surface area (Å²) in [7, 11) is 0. The lowest BCUT2D eigenvalue weighted by molar-refractivity contribution is -0.145. The number of Topliss-reactive ketones (excluding diaryl/α,β-unsaturated/α-hetero) is 1. The van der Waals surface area contributed by atoms with Crippen LogP contribution in [0.5, 0.6) is 0 Å². The maximum absolute atomic E-state index is 11.8.